The van der Waals surface area contributed by atoms with Gasteiger partial charge in [-0.1, -0.05) is 13.0 Å². The molecular weight excluding hydrogens is 469 g/mol. The first-order chi connectivity index (χ1) is 16.2. The highest BCUT2D eigenvalue weighted by Crippen LogP contribution is 2.43. The molecule has 1 amide bonds. The number of ether oxygens (including phenoxy) is 1. The van der Waals surface area contributed by atoms with Gasteiger partial charge in [0.15, 0.2) is 11.5 Å². The van der Waals surface area contributed by atoms with Gasteiger partial charge in [0.2, 0.25) is 5.91 Å². The zero-order chi connectivity index (χ0) is 24.5. The second-order valence-electron chi connectivity index (χ2n) is 8.69. The van der Waals surface area contributed by atoms with Crippen molar-refractivity contribution in [2.75, 3.05) is 31.1 Å². The minimum absolute atomic E-state index is 0.0455. The number of ketones is 1. The molecule has 3 aromatic rings. The van der Waals surface area contributed by atoms with Crippen LogP contribution in [0.5, 0.6) is 5.75 Å². The molecule has 2 N–H and O–H groups in total. The van der Waals surface area contributed by atoms with Crippen molar-refractivity contribution in [3.05, 3.63) is 47.5 Å². The molecule has 34 heavy (non-hydrogen) atoms. The van der Waals surface area contributed by atoms with Crippen molar-refractivity contribution in [2.24, 2.45) is 5.92 Å². The van der Waals surface area contributed by atoms with Crippen LogP contribution in [0.25, 0.3) is 10.4 Å². The lowest BCUT2D eigenvalue weighted by molar-refractivity contribution is -0.117. The maximum absolute atomic E-state index is 12.6. The number of para-hydroxylation sites is 1. The number of aromatic nitrogens is 1. The van der Waals surface area contributed by atoms with E-state index in [2.05, 4.69) is 15.6 Å². The molecule has 0 saturated heterocycles. The number of nitrogens with one attached hydrogen (secondary N) is 2. The predicted octanol–water partition coefficient (Wildman–Crippen LogP) is 5.75. The Labute approximate surface area is 203 Å². The lowest BCUT2D eigenvalue weighted by Gasteiger charge is -2.17. The van der Waals surface area contributed by atoms with Crippen LogP contribution < -0.4 is 20.7 Å². The molecule has 1 fully saturated rings. The minimum atomic E-state index is -2.37. The van der Waals surface area contributed by atoms with Crippen molar-refractivity contribution < 1.29 is 18.9 Å². The molecular formula is C25H28N3O4PS. The zero-order valence-corrected chi connectivity index (χ0v) is 21.4. The van der Waals surface area contributed by atoms with Crippen molar-refractivity contribution in [2.45, 2.75) is 26.2 Å². The fourth-order valence-corrected chi connectivity index (χ4v) is 6.06. The smallest absolute Gasteiger partial charge is 0.228 e. The SMILES string of the molecule is CCC(=O)c1cnc(NC(=O)C2CC2)cc1Nc1cccc(-c2cc(P(C)(C)=O)cs2)c1OC. The fourth-order valence-electron chi connectivity index (χ4n) is 3.56. The third-order valence-corrected chi connectivity index (χ3v) is 8.33. The van der Waals surface area contributed by atoms with E-state index in [0.717, 1.165) is 28.6 Å². The summed E-state index contributed by atoms with van der Waals surface area (Å²) >= 11 is 1.51. The Morgan fingerprint density at radius 3 is 2.59 bits per heavy atom. The quantitative estimate of drug-likeness (QED) is 0.289. The molecule has 1 aliphatic rings. The van der Waals surface area contributed by atoms with E-state index >= 15 is 0 Å². The van der Waals surface area contributed by atoms with E-state index in [0.29, 0.717) is 34.9 Å². The third-order valence-electron chi connectivity index (χ3n) is 5.69. The summed E-state index contributed by atoms with van der Waals surface area (Å²) in [5.74, 6) is 0.934. The molecule has 1 saturated carbocycles. The highest BCUT2D eigenvalue weighted by Gasteiger charge is 2.30. The Morgan fingerprint density at radius 2 is 1.97 bits per heavy atom. The van der Waals surface area contributed by atoms with Crippen molar-refractivity contribution >= 4 is 52.7 Å². The number of rotatable bonds is 9. The van der Waals surface area contributed by atoms with Gasteiger partial charge in [0, 0.05) is 45.7 Å². The van der Waals surface area contributed by atoms with E-state index in [9.17, 15) is 14.2 Å². The largest absolute Gasteiger partial charge is 0.494 e. The van der Waals surface area contributed by atoms with E-state index in [1.165, 1.54) is 17.5 Å². The Balaban J connectivity index is 1.71. The van der Waals surface area contributed by atoms with Gasteiger partial charge in [-0.25, -0.2) is 4.98 Å². The van der Waals surface area contributed by atoms with Gasteiger partial charge in [-0.3, -0.25) is 9.59 Å². The Kier molecular flexibility index (Phi) is 6.91. The average Bonchev–Trinajstić information content (AvgIpc) is 3.54. The molecule has 178 valence electrons. The van der Waals surface area contributed by atoms with E-state index < -0.39 is 7.14 Å². The number of carbonyl (C=O) groups is 2. The van der Waals surface area contributed by atoms with Crippen LogP contribution in [0.3, 0.4) is 0 Å². The normalized spacial score (nSPS) is 13.4. The van der Waals surface area contributed by atoms with E-state index in [1.807, 2.05) is 29.6 Å². The number of hydrogen-bond acceptors (Lipinski definition) is 7. The molecule has 1 aromatic carbocycles. The van der Waals surface area contributed by atoms with Gasteiger partial charge < -0.3 is 19.9 Å². The number of hydrogen-bond donors (Lipinski definition) is 2. The first-order valence-electron chi connectivity index (χ1n) is 11.1. The van der Waals surface area contributed by atoms with Crippen LogP contribution in [-0.4, -0.2) is 37.1 Å². The van der Waals surface area contributed by atoms with Gasteiger partial charge in [0.25, 0.3) is 0 Å². The van der Waals surface area contributed by atoms with Gasteiger partial charge in [-0.15, -0.1) is 11.3 Å². The standard InChI is InChI=1S/C25H28N3O4PS/c1-5-21(29)18-13-26-23(28-25(30)15-9-10-15)12-20(18)27-19-8-6-7-17(24(19)32-2)22-11-16(14-34-22)33(3,4)31/h6-8,11-15H,5,9-10H2,1-4H3,(H2,26,27,28,30). The van der Waals surface area contributed by atoms with Gasteiger partial charge in [-0.05, 0) is 44.4 Å². The minimum Gasteiger partial charge on any atom is -0.494 e. The highest BCUT2D eigenvalue weighted by atomic mass is 32.1. The maximum Gasteiger partial charge on any atom is 0.228 e. The molecule has 1 aliphatic carbocycles. The Morgan fingerprint density at radius 1 is 1.21 bits per heavy atom. The monoisotopic (exact) mass is 497 g/mol. The summed E-state index contributed by atoms with van der Waals surface area (Å²) in [5.41, 5.74) is 2.51. The molecule has 9 heteroatoms. The average molecular weight is 498 g/mol. The lowest BCUT2D eigenvalue weighted by Crippen LogP contribution is -2.15. The molecule has 7 nitrogen and oxygen atoms in total. The van der Waals surface area contributed by atoms with Crippen LogP contribution >= 0.6 is 18.5 Å². The van der Waals surface area contributed by atoms with E-state index in [-0.39, 0.29) is 17.6 Å². The van der Waals surface area contributed by atoms with Crippen molar-refractivity contribution in [1.82, 2.24) is 4.98 Å². The molecule has 0 spiro atoms. The van der Waals surface area contributed by atoms with Gasteiger partial charge >= 0.3 is 0 Å². The number of nitrogens with zero attached hydrogens (tertiary/aromatic N) is 1. The number of benzene rings is 1. The van der Waals surface area contributed by atoms with Crippen molar-refractivity contribution in [1.29, 1.82) is 0 Å². The first-order valence-corrected chi connectivity index (χ1v) is 14.6. The van der Waals surface area contributed by atoms with Crippen molar-refractivity contribution in [3.63, 3.8) is 0 Å². The Hall–Kier alpha value is -2.96. The summed E-state index contributed by atoms with van der Waals surface area (Å²) in [6.07, 6.45) is 3.61. The first kappa shape index (κ1) is 24.2. The predicted molar refractivity (Wildman–Crippen MR) is 139 cm³/mol. The van der Waals surface area contributed by atoms with Gasteiger partial charge in [-0.2, -0.15) is 0 Å². The summed E-state index contributed by atoms with van der Waals surface area (Å²) in [4.78, 5) is 30.0. The van der Waals surface area contributed by atoms with E-state index in [1.54, 1.807) is 33.4 Å². The fraction of sp³-hybridized carbons (Fsp3) is 0.320. The molecule has 4 rings (SSSR count). The molecule has 0 aliphatic heterocycles. The van der Waals surface area contributed by atoms with Crippen LogP contribution in [-0.2, 0) is 9.36 Å². The van der Waals surface area contributed by atoms with Crippen LogP contribution in [0.4, 0.5) is 17.2 Å². The number of amides is 1. The topological polar surface area (TPSA) is 97.4 Å². The molecule has 0 bridgehead atoms. The zero-order valence-electron chi connectivity index (χ0n) is 19.7. The molecule has 2 aromatic heterocycles. The number of pyridine rings is 1. The van der Waals surface area contributed by atoms with Gasteiger partial charge in [0.1, 0.15) is 13.0 Å². The number of Topliss-reactive ketones (excluding diaryl/α,β-unsaturated/α-hetero) is 1. The number of thiophene rings is 1. The highest BCUT2D eigenvalue weighted by molar-refractivity contribution is 7.70. The Bertz CT molecular complexity index is 1290. The second kappa shape index (κ2) is 9.72. The number of carbonyl (C=O) groups excluding carboxylic acids is 2. The summed E-state index contributed by atoms with van der Waals surface area (Å²) < 4.78 is 18.3. The molecule has 0 radical (unpaired) electrons. The van der Waals surface area contributed by atoms with Crippen LogP contribution in [0.15, 0.2) is 41.9 Å². The van der Waals surface area contributed by atoms with Gasteiger partial charge in [0.05, 0.1) is 24.0 Å². The summed E-state index contributed by atoms with van der Waals surface area (Å²) in [7, 11) is -0.782. The van der Waals surface area contributed by atoms with Crippen LogP contribution in [0.2, 0.25) is 0 Å². The van der Waals surface area contributed by atoms with Crippen LogP contribution in [0, 0.1) is 5.92 Å². The molecule has 2 heterocycles. The summed E-state index contributed by atoms with van der Waals surface area (Å²) in [5, 5.41) is 8.91. The third kappa shape index (κ3) is 5.24. The lowest BCUT2D eigenvalue weighted by atomic mass is 10.1. The maximum atomic E-state index is 12.6. The second-order valence-corrected chi connectivity index (χ2v) is 12.8. The van der Waals surface area contributed by atoms with Crippen LogP contribution in [0.1, 0.15) is 36.5 Å². The van der Waals surface area contributed by atoms with E-state index in [4.69, 9.17) is 4.74 Å². The molecule has 0 unspecified atom stereocenters. The summed E-state index contributed by atoms with van der Waals surface area (Å²) in [6, 6.07) is 9.33. The summed E-state index contributed by atoms with van der Waals surface area (Å²) in [6.45, 7) is 5.30. The van der Waals surface area contributed by atoms with Crippen molar-refractivity contribution in [3.8, 4) is 16.2 Å². The number of anilines is 3. The number of methoxy groups -OCH3 is 1. The molecule has 0 atom stereocenters.